The van der Waals surface area contributed by atoms with E-state index in [0.29, 0.717) is 15.8 Å². The highest BCUT2D eigenvalue weighted by molar-refractivity contribution is 7.18. The number of fused-ring (bicyclic) bond motifs is 1. The van der Waals surface area contributed by atoms with Crippen molar-refractivity contribution < 1.29 is 14.3 Å². The zero-order valence-corrected chi connectivity index (χ0v) is 16.3. The third-order valence-corrected chi connectivity index (χ3v) is 6.01. The van der Waals surface area contributed by atoms with E-state index < -0.39 is 18.5 Å². The summed E-state index contributed by atoms with van der Waals surface area (Å²) in [4.78, 5) is 44.3. The van der Waals surface area contributed by atoms with Gasteiger partial charge in [0.15, 0.2) is 6.61 Å². The molecule has 0 fully saturated rings. The maximum Gasteiger partial charge on any atom is 0.339 e. The molecule has 3 aromatic heterocycles. The Morgan fingerprint density at radius 2 is 1.92 bits per heavy atom. The molecule has 1 N–H and O–H groups in total. The minimum Gasteiger partial charge on any atom is -0.452 e. The quantitative estimate of drug-likeness (QED) is 0.691. The molecule has 0 saturated heterocycles. The predicted octanol–water partition coefficient (Wildman–Crippen LogP) is 2.68. The third kappa shape index (κ3) is 3.40. The van der Waals surface area contributed by atoms with Gasteiger partial charge in [0.05, 0.1) is 10.9 Å². The number of ether oxygens (including phenoxy) is 1. The molecule has 0 unspecified atom stereocenters. The fourth-order valence-electron chi connectivity index (χ4n) is 2.52. The summed E-state index contributed by atoms with van der Waals surface area (Å²) in [7, 11) is 0. The molecule has 0 bridgehead atoms. The zero-order valence-electron chi connectivity index (χ0n) is 14.7. The van der Waals surface area contributed by atoms with Gasteiger partial charge in [-0.2, -0.15) is 0 Å². The molecule has 26 heavy (non-hydrogen) atoms. The first-order valence-corrected chi connectivity index (χ1v) is 9.42. The van der Waals surface area contributed by atoms with Crippen molar-refractivity contribution in [2.75, 3.05) is 12.0 Å². The first-order valence-electron chi connectivity index (χ1n) is 7.79. The van der Waals surface area contributed by atoms with Gasteiger partial charge in [0.25, 0.3) is 11.5 Å². The Labute approximate surface area is 157 Å². The third-order valence-electron chi connectivity index (χ3n) is 3.93. The van der Waals surface area contributed by atoms with Crippen LogP contribution in [0, 0.1) is 27.7 Å². The average Bonchev–Trinajstić information content (AvgIpc) is 3.07. The van der Waals surface area contributed by atoms with E-state index in [9.17, 15) is 14.4 Å². The number of carbonyl (C=O) groups excluding carboxylic acids is 2. The number of nitrogens with zero attached hydrogens (tertiary/aromatic N) is 2. The minimum absolute atomic E-state index is 0.360. The van der Waals surface area contributed by atoms with E-state index in [0.717, 1.165) is 24.9 Å². The second-order valence-corrected chi connectivity index (χ2v) is 8.48. The first kappa shape index (κ1) is 18.3. The summed E-state index contributed by atoms with van der Waals surface area (Å²) >= 11 is 2.92. The van der Waals surface area contributed by atoms with Gasteiger partial charge in [-0.05, 0) is 39.3 Å². The molecule has 0 aliphatic rings. The topological polar surface area (TPSA) is 90.3 Å². The van der Waals surface area contributed by atoms with Crippen molar-refractivity contribution in [3.8, 4) is 0 Å². The largest absolute Gasteiger partial charge is 0.452 e. The van der Waals surface area contributed by atoms with Gasteiger partial charge in [-0.25, -0.2) is 14.5 Å². The lowest BCUT2D eigenvalue weighted by atomic mass is 10.2. The van der Waals surface area contributed by atoms with E-state index in [2.05, 4.69) is 10.4 Å². The van der Waals surface area contributed by atoms with Crippen LogP contribution >= 0.6 is 22.7 Å². The lowest BCUT2D eigenvalue weighted by molar-refractivity contribution is -0.120. The number of thiophene rings is 2. The Morgan fingerprint density at radius 3 is 2.58 bits per heavy atom. The van der Waals surface area contributed by atoms with Gasteiger partial charge in [-0.1, -0.05) is 0 Å². The highest BCUT2D eigenvalue weighted by Gasteiger charge is 2.16. The zero-order chi connectivity index (χ0) is 19.0. The molecule has 0 aliphatic carbocycles. The smallest absolute Gasteiger partial charge is 0.339 e. The number of carbonyl (C=O) groups is 2. The van der Waals surface area contributed by atoms with Crippen LogP contribution in [0.4, 0.5) is 0 Å². The SMILES string of the molecule is Cc1cc(C(=O)OCC(=O)Nn2cnc3sc(C)c(C)c3c2=O)c(C)s1. The van der Waals surface area contributed by atoms with Crippen molar-refractivity contribution in [3.05, 3.63) is 48.5 Å². The van der Waals surface area contributed by atoms with Crippen molar-refractivity contribution in [1.29, 1.82) is 0 Å². The summed E-state index contributed by atoms with van der Waals surface area (Å²) in [6.07, 6.45) is 1.26. The molecule has 0 aliphatic heterocycles. The summed E-state index contributed by atoms with van der Waals surface area (Å²) in [5, 5.41) is 0.483. The van der Waals surface area contributed by atoms with Gasteiger partial charge < -0.3 is 4.74 Å². The summed E-state index contributed by atoms with van der Waals surface area (Å²) < 4.78 is 6.04. The molecule has 0 radical (unpaired) electrons. The van der Waals surface area contributed by atoms with E-state index in [-0.39, 0.29) is 5.56 Å². The Bertz CT molecular complexity index is 1080. The highest BCUT2D eigenvalue weighted by atomic mass is 32.1. The molecule has 136 valence electrons. The second-order valence-electron chi connectivity index (χ2n) is 5.82. The van der Waals surface area contributed by atoms with Crippen molar-refractivity contribution in [1.82, 2.24) is 9.66 Å². The number of nitrogens with one attached hydrogen (secondary N) is 1. The molecule has 7 nitrogen and oxygen atoms in total. The molecule has 9 heteroatoms. The van der Waals surface area contributed by atoms with Crippen LogP contribution in [0.5, 0.6) is 0 Å². The van der Waals surface area contributed by atoms with Crippen LogP contribution in [-0.4, -0.2) is 28.1 Å². The first-order chi connectivity index (χ1) is 12.3. The van der Waals surface area contributed by atoms with Crippen molar-refractivity contribution in [2.45, 2.75) is 27.7 Å². The van der Waals surface area contributed by atoms with Gasteiger partial charge in [-0.15, -0.1) is 22.7 Å². The number of esters is 1. The van der Waals surface area contributed by atoms with Crippen LogP contribution in [0.3, 0.4) is 0 Å². The van der Waals surface area contributed by atoms with E-state index in [4.69, 9.17) is 4.74 Å². The molecule has 0 atom stereocenters. The number of aromatic nitrogens is 2. The maximum absolute atomic E-state index is 12.5. The number of aryl methyl sites for hydroxylation is 4. The molecular weight excluding hydrogens is 374 g/mol. The van der Waals surface area contributed by atoms with Crippen LogP contribution in [0.2, 0.25) is 0 Å². The highest BCUT2D eigenvalue weighted by Crippen LogP contribution is 2.25. The molecule has 0 saturated carbocycles. The molecule has 3 rings (SSSR count). The lowest BCUT2D eigenvalue weighted by Crippen LogP contribution is -2.35. The Balaban J connectivity index is 1.70. The standard InChI is InChI=1S/C17H17N3O4S2/c1-8-5-12(11(4)25-8)17(23)24-6-13(21)19-20-7-18-15-14(16(20)22)9(2)10(3)26-15/h5,7H,6H2,1-4H3,(H,19,21). The maximum atomic E-state index is 12.5. The summed E-state index contributed by atoms with van der Waals surface area (Å²) in [6, 6.07) is 1.73. The van der Waals surface area contributed by atoms with Gasteiger partial charge in [0.1, 0.15) is 11.2 Å². The molecule has 0 spiro atoms. The van der Waals surface area contributed by atoms with E-state index >= 15 is 0 Å². The van der Waals surface area contributed by atoms with Gasteiger partial charge in [0.2, 0.25) is 0 Å². The monoisotopic (exact) mass is 391 g/mol. The molecule has 3 heterocycles. The Morgan fingerprint density at radius 1 is 1.19 bits per heavy atom. The van der Waals surface area contributed by atoms with E-state index in [1.165, 1.54) is 29.0 Å². The van der Waals surface area contributed by atoms with Crippen LogP contribution in [0.25, 0.3) is 10.2 Å². The molecular formula is C17H17N3O4S2. The van der Waals surface area contributed by atoms with E-state index in [1.54, 1.807) is 6.07 Å². The van der Waals surface area contributed by atoms with Crippen molar-refractivity contribution in [2.24, 2.45) is 0 Å². The summed E-state index contributed by atoms with van der Waals surface area (Å²) in [6.45, 7) is 6.98. The molecule has 3 aromatic rings. The van der Waals surface area contributed by atoms with Gasteiger partial charge >= 0.3 is 5.97 Å². The fourth-order valence-corrected chi connectivity index (χ4v) is 4.42. The fraction of sp³-hybridized carbons (Fsp3) is 0.294. The Kier molecular flexibility index (Phi) is 4.92. The Hall–Kier alpha value is -2.52. The number of hydrogen-bond donors (Lipinski definition) is 1. The number of rotatable bonds is 4. The van der Waals surface area contributed by atoms with Crippen LogP contribution in [0.15, 0.2) is 17.2 Å². The minimum atomic E-state index is -0.615. The summed E-state index contributed by atoms with van der Waals surface area (Å²) in [5.74, 6) is -1.18. The lowest BCUT2D eigenvalue weighted by Gasteiger charge is -2.08. The van der Waals surface area contributed by atoms with Crippen LogP contribution < -0.4 is 11.0 Å². The van der Waals surface area contributed by atoms with Crippen LogP contribution in [-0.2, 0) is 9.53 Å². The average molecular weight is 391 g/mol. The van der Waals surface area contributed by atoms with Gasteiger partial charge in [0, 0.05) is 14.6 Å². The van der Waals surface area contributed by atoms with Crippen molar-refractivity contribution in [3.63, 3.8) is 0 Å². The number of hydrogen-bond acceptors (Lipinski definition) is 7. The molecule has 1 amide bonds. The molecule has 0 aromatic carbocycles. The summed E-state index contributed by atoms with van der Waals surface area (Å²) in [5.41, 5.74) is 3.33. The normalized spacial score (nSPS) is 10.9. The van der Waals surface area contributed by atoms with Crippen molar-refractivity contribution >= 4 is 44.8 Å². The van der Waals surface area contributed by atoms with Crippen LogP contribution in [0.1, 0.15) is 30.6 Å². The van der Waals surface area contributed by atoms with E-state index in [1.807, 2.05) is 27.7 Å². The second kappa shape index (κ2) is 7.00. The predicted molar refractivity (Wildman–Crippen MR) is 102 cm³/mol. The van der Waals surface area contributed by atoms with Gasteiger partial charge in [-0.3, -0.25) is 15.0 Å². The number of amides is 1.